The number of ether oxygens (including phenoxy) is 4. The first-order chi connectivity index (χ1) is 18.1. The second-order valence-corrected chi connectivity index (χ2v) is 9.87. The fourth-order valence-corrected chi connectivity index (χ4v) is 5.86. The number of para-hydroxylation sites is 1. The van der Waals surface area contributed by atoms with Crippen molar-refractivity contribution >= 4 is 5.71 Å². The van der Waals surface area contributed by atoms with E-state index in [9.17, 15) is 0 Å². The van der Waals surface area contributed by atoms with Crippen LogP contribution in [0.3, 0.4) is 0 Å². The van der Waals surface area contributed by atoms with Gasteiger partial charge in [0.1, 0.15) is 11.5 Å². The predicted octanol–water partition coefficient (Wildman–Crippen LogP) is 5.25. The van der Waals surface area contributed by atoms with Gasteiger partial charge in [0.25, 0.3) is 0 Å². The van der Waals surface area contributed by atoms with Crippen molar-refractivity contribution in [1.29, 1.82) is 0 Å². The fraction of sp³-hybridized carbons (Fsp3) is 0.367. The van der Waals surface area contributed by atoms with Crippen LogP contribution in [-0.4, -0.2) is 55.8 Å². The number of hydrogen-bond acceptors (Lipinski definition) is 7. The highest BCUT2D eigenvalue weighted by atomic mass is 16.5. The molecule has 0 unspecified atom stereocenters. The van der Waals surface area contributed by atoms with E-state index in [1.165, 1.54) is 5.56 Å². The van der Waals surface area contributed by atoms with Gasteiger partial charge in [-0.1, -0.05) is 42.5 Å². The summed E-state index contributed by atoms with van der Waals surface area (Å²) in [4.78, 5) is 2.50. The van der Waals surface area contributed by atoms with Crippen LogP contribution in [0.1, 0.15) is 42.0 Å². The van der Waals surface area contributed by atoms with Crippen molar-refractivity contribution in [2.24, 2.45) is 5.10 Å². The summed E-state index contributed by atoms with van der Waals surface area (Å²) in [6.07, 6.45) is 2.47. The molecule has 0 amide bonds. The van der Waals surface area contributed by atoms with Crippen molar-refractivity contribution in [3.05, 3.63) is 83.4 Å². The van der Waals surface area contributed by atoms with Gasteiger partial charge in [-0.3, -0.25) is 4.90 Å². The summed E-state index contributed by atoms with van der Waals surface area (Å²) in [7, 11) is 5.06. The van der Waals surface area contributed by atoms with Gasteiger partial charge in [0.15, 0.2) is 11.5 Å². The number of hydrogen-bond donors (Lipinski definition) is 0. The van der Waals surface area contributed by atoms with Gasteiger partial charge in [-0.2, -0.15) is 5.10 Å². The summed E-state index contributed by atoms with van der Waals surface area (Å²) in [5.41, 5.74) is 3.90. The minimum absolute atomic E-state index is 0.0707. The van der Waals surface area contributed by atoms with Crippen molar-refractivity contribution in [2.75, 3.05) is 34.4 Å². The zero-order chi connectivity index (χ0) is 25.4. The first kappa shape index (κ1) is 23.7. The third-order valence-electron chi connectivity index (χ3n) is 7.81. The molecule has 6 rings (SSSR count). The molecule has 0 aliphatic carbocycles. The number of likely N-dealkylation sites (tertiary alicyclic amines) is 1. The van der Waals surface area contributed by atoms with Gasteiger partial charge in [-0.15, -0.1) is 0 Å². The van der Waals surface area contributed by atoms with Crippen molar-refractivity contribution < 1.29 is 18.9 Å². The lowest BCUT2D eigenvalue weighted by Gasteiger charge is -2.51. The van der Waals surface area contributed by atoms with Gasteiger partial charge in [0, 0.05) is 56.1 Å². The maximum absolute atomic E-state index is 6.89. The Hall–Kier alpha value is -3.71. The lowest BCUT2D eigenvalue weighted by Crippen LogP contribution is -2.59. The number of rotatable bonds is 6. The third kappa shape index (κ3) is 4.17. The predicted molar refractivity (Wildman–Crippen MR) is 143 cm³/mol. The molecule has 1 atom stereocenters. The fourth-order valence-electron chi connectivity index (χ4n) is 5.86. The number of piperidine rings is 1. The largest absolute Gasteiger partial charge is 0.497 e. The minimum atomic E-state index is -0.527. The number of methoxy groups -OCH3 is 3. The molecule has 192 valence electrons. The molecule has 3 aliphatic rings. The maximum atomic E-state index is 6.89. The van der Waals surface area contributed by atoms with Crippen molar-refractivity contribution in [1.82, 2.24) is 9.91 Å². The lowest BCUT2D eigenvalue weighted by atomic mass is 9.90. The van der Waals surface area contributed by atoms with Crippen LogP contribution in [0.2, 0.25) is 0 Å². The molecule has 0 aromatic heterocycles. The van der Waals surface area contributed by atoms with Crippen molar-refractivity contribution in [3.8, 4) is 23.0 Å². The third-order valence-corrected chi connectivity index (χ3v) is 7.81. The number of hydrazone groups is 1. The number of fused-ring (bicyclic) bond motifs is 4. The Morgan fingerprint density at radius 1 is 0.892 bits per heavy atom. The topological polar surface area (TPSA) is 55.8 Å². The van der Waals surface area contributed by atoms with Gasteiger partial charge < -0.3 is 18.9 Å². The average Bonchev–Trinajstić information content (AvgIpc) is 3.41. The molecule has 3 aromatic carbocycles. The Morgan fingerprint density at radius 3 is 2.41 bits per heavy atom. The molecule has 0 bridgehead atoms. The van der Waals surface area contributed by atoms with Gasteiger partial charge >= 0.3 is 0 Å². The van der Waals surface area contributed by atoms with Crippen molar-refractivity contribution in [2.45, 2.75) is 37.6 Å². The highest BCUT2D eigenvalue weighted by Gasteiger charge is 2.52. The van der Waals surface area contributed by atoms with Crippen LogP contribution in [0.25, 0.3) is 0 Å². The number of nitrogens with zero attached hydrogens (tertiary/aromatic N) is 3. The Balaban J connectivity index is 1.35. The van der Waals surface area contributed by atoms with E-state index in [0.29, 0.717) is 0 Å². The van der Waals surface area contributed by atoms with Crippen LogP contribution in [-0.2, 0) is 6.54 Å². The van der Waals surface area contributed by atoms with Gasteiger partial charge in [-0.05, 0) is 23.8 Å². The Labute approximate surface area is 218 Å². The highest BCUT2D eigenvalue weighted by molar-refractivity contribution is 6.04. The summed E-state index contributed by atoms with van der Waals surface area (Å²) in [5.74, 6) is 3.15. The molecule has 1 spiro atoms. The van der Waals surface area contributed by atoms with Gasteiger partial charge in [0.2, 0.25) is 5.72 Å². The van der Waals surface area contributed by atoms with Crippen LogP contribution < -0.4 is 18.9 Å². The number of benzene rings is 3. The zero-order valence-corrected chi connectivity index (χ0v) is 21.6. The Bertz CT molecular complexity index is 1300. The van der Waals surface area contributed by atoms with E-state index in [0.717, 1.165) is 78.7 Å². The molecule has 0 N–H and O–H groups in total. The smallest absolute Gasteiger partial charge is 0.200 e. The van der Waals surface area contributed by atoms with Crippen LogP contribution >= 0.6 is 0 Å². The van der Waals surface area contributed by atoms with E-state index in [-0.39, 0.29) is 6.04 Å². The monoisotopic (exact) mass is 499 g/mol. The van der Waals surface area contributed by atoms with E-state index >= 15 is 0 Å². The summed E-state index contributed by atoms with van der Waals surface area (Å²) in [6.45, 7) is 2.80. The average molecular weight is 500 g/mol. The molecule has 7 nitrogen and oxygen atoms in total. The lowest BCUT2D eigenvalue weighted by molar-refractivity contribution is -0.151. The summed E-state index contributed by atoms with van der Waals surface area (Å²) in [5, 5.41) is 7.46. The molecule has 3 aliphatic heterocycles. The van der Waals surface area contributed by atoms with E-state index in [4.69, 9.17) is 24.0 Å². The van der Waals surface area contributed by atoms with Crippen LogP contribution in [0.15, 0.2) is 71.8 Å². The maximum Gasteiger partial charge on any atom is 0.200 e. The molecular weight excluding hydrogens is 466 g/mol. The van der Waals surface area contributed by atoms with Crippen LogP contribution in [0.4, 0.5) is 0 Å². The first-order valence-electron chi connectivity index (χ1n) is 12.9. The second-order valence-electron chi connectivity index (χ2n) is 9.87. The minimum Gasteiger partial charge on any atom is -0.497 e. The Kier molecular flexibility index (Phi) is 6.16. The molecule has 1 saturated heterocycles. The molecule has 7 heteroatoms. The highest BCUT2D eigenvalue weighted by Crippen LogP contribution is 2.53. The van der Waals surface area contributed by atoms with E-state index in [1.807, 2.05) is 30.3 Å². The molecule has 37 heavy (non-hydrogen) atoms. The molecular formula is C30H33N3O4. The molecule has 3 aromatic rings. The zero-order valence-electron chi connectivity index (χ0n) is 21.6. The molecule has 1 fully saturated rings. The normalized spacial score (nSPS) is 20.0. The molecule has 0 saturated carbocycles. The first-order valence-corrected chi connectivity index (χ1v) is 12.9. The van der Waals surface area contributed by atoms with Gasteiger partial charge in [-0.25, -0.2) is 5.01 Å². The quantitative estimate of drug-likeness (QED) is 0.462. The summed E-state index contributed by atoms with van der Waals surface area (Å²) < 4.78 is 23.8. The van der Waals surface area contributed by atoms with E-state index in [1.54, 1.807) is 21.3 Å². The van der Waals surface area contributed by atoms with Gasteiger partial charge in [0.05, 0.1) is 33.1 Å². The summed E-state index contributed by atoms with van der Waals surface area (Å²) >= 11 is 0. The standard InChI is InChI=1S/C30H33N3O4/c1-34-22-12-13-23(28(18-22)36-3)25-19-26-24-10-7-11-27(35-2)29(24)37-30(33(26)31-25)14-16-32(17-15-30)20-21-8-5-4-6-9-21/h4-13,18,26H,14-17,19-20H2,1-3H3/t26-/m0/s1. The molecule has 3 heterocycles. The van der Waals surface area contributed by atoms with Crippen LogP contribution in [0, 0.1) is 0 Å². The second kappa shape index (κ2) is 9.63. The van der Waals surface area contributed by atoms with Crippen LogP contribution in [0.5, 0.6) is 23.0 Å². The van der Waals surface area contributed by atoms with E-state index < -0.39 is 5.72 Å². The van der Waals surface area contributed by atoms with Crippen molar-refractivity contribution in [3.63, 3.8) is 0 Å². The summed E-state index contributed by atoms with van der Waals surface area (Å²) in [6, 6.07) is 22.8. The Morgan fingerprint density at radius 2 is 1.68 bits per heavy atom. The molecule has 0 radical (unpaired) electrons. The van der Waals surface area contributed by atoms with E-state index in [2.05, 4.69) is 46.3 Å². The SMILES string of the molecule is COc1ccc(C2=NN3[C@@H](C2)c2cccc(OC)c2OC32CCN(Cc3ccccc3)CC2)c(OC)c1.